The molecule has 27 heavy (non-hydrogen) atoms. The normalized spacial score (nSPS) is 14.0. The lowest BCUT2D eigenvalue weighted by Gasteiger charge is -2.36. The fraction of sp³-hybridized carbons (Fsp3) is 0.211. The highest BCUT2D eigenvalue weighted by molar-refractivity contribution is 5.74. The number of hydrogen-bond donors (Lipinski definition) is 1. The molecule has 8 heteroatoms. The highest BCUT2D eigenvalue weighted by Gasteiger charge is 2.22. The van der Waals surface area contributed by atoms with E-state index in [9.17, 15) is 4.79 Å². The quantitative estimate of drug-likeness (QED) is 0.754. The highest BCUT2D eigenvalue weighted by atomic mass is 16.1. The van der Waals surface area contributed by atoms with Crippen molar-refractivity contribution < 1.29 is 0 Å². The van der Waals surface area contributed by atoms with Crippen LogP contribution in [0.5, 0.6) is 0 Å². The Morgan fingerprint density at radius 2 is 1.78 bits per heavy atom. The molecule has 0 unspecified atom stereocenters. The second kappa shape index (κ2) is 7.25. The maximum atomic E-state index is 11.9. The van der Waals surface area contributed by atoms with Crippen molar-refractivity contribution in [3.05, 3.63) is 64.7 Å². The van der Waals surface area contributed by atoms with Crippen LogP contribution in [0.2, 0.25) is 0 Å². The SMILES string of the molecule is N#Cc1ccnc(N2CCN(c3cc(=O)[nH]nc3-c3ccccc3)CC2)n1. The molecule has 0 radical (unpaired) electrons. The first kappa shape index (κ1) is 16.7. The van der Waals surface area contributed by atoms with Gasteiger partial charge in [0.15, 0.2) is 0 Å². The van der Waals surface area contributed by atoms with Gasteiger partial charge in [0.1, 0.15) is 17.5 Å². The van der Waals surface area contributed by atoms with Gasteiger partial charge in [0.25, 0.3) is 5.56 Å². The molecule has 1 aliphatic rings. The summed E-state index contributed by atoms with van der Waals surface area (Å²) >= 11 is 0. The number of aromatic amines is 1. The summed E-state index contributed by atoms with van der Waals surface area (Å²) in [6, 6.07) is 15.0. The van der Waals surface area contributed by atoms with Gasteiger partial charge < -0.3 is 9.80 Å². The molecule has 0 atom stereocenters. The summed E-state index contributed by atoms with van der Waals surface area (Å²) in [5.74, 6) is 0.556. The third kappa shape index (κ3) is 3.48. The van der Waals surface area contributed by atoms with Crippen LogP contribution in [0.15, 0.2) is 53.5 Å². The van der Waals surface area contributed by atoms with E-state index in [4.69, 9.17) is 5.26 Å². The molecule has 1 aliphatic heterocycles. The summed E-state index contributed by atoms with van der Waals surface area (Å²) in [5, 5.41) is 15.8. The average molecular weight is 359 g/mol. The Bertz CT molecular complexity index is 1030. The van der Waals surface area contributed by atoms with Gasteiger partial charge in [-0.3, -0.25) is 4.79 Å². The number of aromatic nitrogens is 4. The molecule has 0 spiro atoms. The molecule has 0 aliphatic carbocycles. The van der Waals surface area contributed by atoms with Crippen LogP contribution in [0.3, 0.4) is 0 Å². The topological polar surface area (TPSA) is 102 Å². The lowest BCUT2D eigenvalue weighted by Crippen LogP contribution is -2.47. The third-order valence-corrected chi connectivity index (χ3v) is 4.50. The molecule has 1 N–H and O–H groups in total. The van der Waals surface area contributed by atoms with E-state index in [1.165, 1.54) is 0 Å². The van der Waals surface area contributed by atoms with Crippen molar-refractivity contribution in [2.24, 2.45) is 0 Å². The Morgan fingerprint density at radius 3 is 2.52 bits per heavy atom. The second-order valence-corrected chi connectivity index (χ2v) is 6.16. The van der Waals surface area contributed by atoms with E-state index in [0.717, 1.165) is 16.9 Å². The zero-order chi connectivity index (χ0) is 18.6. The van der Waals surface area contributed by atoms with E-state index in [-0.39, 0.29) is 5.56 Å². The van der Waals surface area contributed by atoms with Crippen molar-refractivity contribution in [1.29, 1.82) is 5.26 Å². The Hall–Kier alpha value is -3.73. The van der Waals surface area contributed by atoms with Crippen LogP contribution < -0.4 is 15.4 Å². The predicted molar refractivity (Wildman–Crippen MR) is 101 cm³/mol. The molecule has 1 aromatic carbocycles. The average Bonchev–Trinajstić information content (AvgIpc) is 2.74. The van der Waals surface area contributed by atoms with Crippen LogP contribution >= 0.6 is 0 Å². The molecular weight excluding hydrogens is 342 g/mol. The van der Waals surface area contributed by atoms with Gasteiger partial charge in [-0.05, 0) is 6.07 Å². The predicted octanol–water partition coefficient (Wildman–Crippen LogP) is 1.43. The molecule has 4 rings (SSSR count). The maximum absolute atomic E-state index is 11.9. The van der Waals surface area contributed by atoms with E-state index < -0.39 is 0 Å². The number of nitrogens with one attached hydrogen (secondary N) is 1. The van der Waals surface area contributed by atoms with Gasteiger partial charge in [0.05, 0.1) is 5.69 Å². The summed E-state index contributed by atoms with van der Waals surface area (Å²) in [7, 11) is 0. The molecule has 3 aromatic rings. The first-order chi connectivity index (χ1) is 13.2. The lowest BCUT2D eigenvalue weighted by molar-refractivity contribution is 0.638. The first-order valence-corrected chi connectivity index (χ1v) is 8.63. The summed E-state index contributed by atoms with van der Waals surface area (Å²) in [5.41, 5.74) is 2.66. The molecule has 3 heterocycles. The standard InChI is InChI=1S/C19H17N7O/c20-13-15-6-7-21-19(22-15)26-10-8-25(9-11-26)16-12-17(27)23-24-18(16)14-4-2-1-3-5-14/h1-7,12H,8-11H2,(H,23,27). The monoisotopic (exact) mass is 359 g/mol. The van der Waals surface area contributed by atoms with Gasteiger partial charge in [-0.2, -0.15) is 10.4 Å². The largest absolute Gasteiger partial charge is 0.366 e. The van der Waals surface area contributed by atoms with Gasteiger partial charge in [-0.15, -0.1) is 0 Å². The first-order valence-electron chi connectivity index (χ1n) is 8.63. The number of hydrogen-bond acceptors (Lipinski definition) is 7. The van der Waals surface area contributed by atoms with Crippen LogP contribution in [0, 0.1) is 11.3 Å². The number of piperazine rings is 1. The van der Waals surface area contributed by atoms with Crippen LogP contribution in [0.1, 0.15) is 5.69 Å². The third-order valence-electron chi connectivity index (χ3n) is 4.50. The Morgan fingerprint density at radius 1 is 1.04 bits per heavy atom. The van der Waals surface area contributed by atoms with E-state index in [0.29, 0.717) is 37.8 Å². The van der Waals surface area contributed by atoms with Crippen molar-refractivity contribution in [3.8, 4) is 17.3 Å². The molecule has 2 aromatic heterocycles. The van der Waals surface area contributed by atoms with E-state index in [2.05, 4.69) is 25.1 Å². The van der Waals surface area contributed by atoms with Crippen molar-refractivity contribution in [3.63, 3.8) is 0 Å². The summed E-state index contributed by atoms with van der Waals surface area (Å²) < 4.78 is 0. The minimum atomic E-state index is -0.225. The Labute approximate surface area is 155 Å². The smallest absolute Gasteiger partial charge is 0.266 e. The fourth-order valence-electron chi connectivity index (χ4n) is 3.15. The fourth-order valence-corrected chi connectivity index (χ4v) is 3.15. The summed E-state index contributed by atoms with van der Waals surface area (Å²) in [6.07, 6.45) is 1.60. The van der Waals surface area contributed by atoms with Crippen LogP contribution in [-0.4, -0.2) is 46.3 Å². The molecular formula is C19H17N7O. The number of nitrogens with zero attached hydrogens (tertiary/aromatic N) is 6. The molecule has 0 bridgehead atoms. The van der Waals surface area contributed by atoms with Crippen LogP contribution in [0.4, 0.5) is 11.6 Å². The zero-order valence-corrected chi connectivity index (χ0v) is 14.5. The molecule has 8 nitrogen and oxygen atoms in total. The van der Waals surface area contributed by atoms with Gasteiger partial charge in [-0.1, -0.05) is 30.3 Å². The van der Waals surface area contributed by atoms with Gasteiger partial charge in [0.2, 0.25) is 5.95 Å². The van der Waals surface area contributed by atoms with Gasteiger partial charge >= 0.3 is 0 Å². The van der Waals surface area contributed by atoms with Gasteiger partial charge in [0, 0.05) is 44.0 Å². The van der Waals surface area contributed by atoms with E-state index in [1.54, 1.807) is 18.3 Å². The molecule has 0 amide bonds. The van der Waals surface area contributed by atoms with Crippen molar-refractivity contribution in [1.82, 2.24) is 20.2 Å². The van der Waals surface area contributed by atoms with Crippen molar-refractivity contribution in [2.45, 2.75) is 0 Å². The number of rotatable bonds is 3. The molecule has 0 saturated carbocycles. The zero-order valence-electron chi connectivity index (χ0n) is 14.5. The van der Waals surface area contributed by atoms with Crippen molar-refractivity contribution in [2.75, 3.05) is 36.0 Å². The lowest BCUT2D eigenvalue weighted by atomic mass is 10.1. The second-order valence-electron chi connectivity index (χ2n) is 6.16. The van der Waals surface area contributed by atoms with Crippen LogP contribution in [-0.2, 0) is 0 Å². The van der Waals surface area contributed by atoms with Crippen LogP contribution in [0.25, 0.3) is 11.3 Å². The molecule has 1 saturated heterocycles. The van der Waals surface area contributed by atoms with Gasteiger partial charge in [-0.25, -0.2) is 15.1 Å². The number of anilines is 2. The van der Waals surface area contributed by atoms with E-state index in [1.807, 2.05) is 41.3 Å². The van der Waals surface area contributed by atoms with Crippen molar-refractivity contribution >= 4 is 11.6 Å². The Kier molecular flexibility index (Phi) is 4.49. The number of nitriles is 1. The minimum absolute atomic E-state index is 0.225. The maximum Gasteiger partial charge on any atom is 0.266 e. The summed E-state index contributed by atoms with van der Waals surface area (Å²) in [4.78, 5) is 24.6. The molecule has 134 valence electrons. The molecule has 1 fully saturated rings. The highest BCUT2D eigenvalue weighted by Crippen LogP contribution is 2.28. The Balaban J connectivity index is 1.57. The van der Waals surface area contributed by atoms with E-state index >= 15 is 0 Å². The number of H-pyrrole nitrogens is 1. The number of benzene rings is 1. The summed E-state index contributed by atoms with van der Waals surface area (Å²) in [6.45, 7) is 2.78. The minimum Gasteiger partial charge on any atom is -0.366 e.